The van der Waals surface area contributed by atoms with Gasteiger partial charge in [0, 0.05) is 5.69 Å². The Hall–Kier alpha value is -3.20. The standard InChI is InChI=1S/C20H21N3O3/c1-2-17(15-5-8-18-19(11-15)26-10-9-25-18)23-20(24)13-22-16-6-3-14(12-21)4-7-16/h3-8,11,17,22H,2,9-10,13H2,1H3,(H,23,24). The summed E-state index contributed by atoms with van der Waals surface area (Å²) in [6.07, 6.45) is 0.766. The van der Waals surface area contributed by atoms with Crippen molar-refractivity contribution in [2.45, 2.75) is 19.4 Å². The quantitative estimate of drug-likeness (QED) is 0.836. The molecule has 0 aliphatic carbocycles. The third-order valence-corrected chi connectivity index (χ3v) is 4.18. The van der Waals surface area contributed by atoms with Crippen molar-refractivity contribution >= 4 is 11.6 Å². The Bertz CT molecular complexity index is 812. The van der Waals surface area contributed by atoms with Crippen molar-refractivity contribution < 1.29 is 14.3 Å². The summed E-state index contributed by atoms with van der Waals surface area (Å²) in [7, 11) is 0. The summed E-state index contributed by atoms with van der Waals surface area (Å²) in [6, 6.07) is 14.7. The van der Waals surface area contributed by atoms with Gasteiger partial charge in [-0.2, -0.15) is 5.26 Å². The lowest BCUT2D eigenvalue weighted by molar-refractivity contribution is -0.120. The summed E-state index contributed by atoms with van der Waals surface area (Å²) in [5.74, 6) is 1.36. The molecule has 1 heterocycles. The van der Waals surface area contributed by atoms with Crippen LogP contribution in [0.4, 0.5) is 5.69 Å². The number of ether oxygens (including phenoxy) is 2. The van der Waals surface area contributed by atoms with Crippen LogP contribution >= 0.6 is 0 Å². The number of fused-ring (bicyclic) bond motifs is 1. The maximum absolute atomic E-state index is 12.3. The molecule has 0 saturated heterocycles. The summed E-state index contributed by atoms with van der Waals surface area (Å²) in [5, 5.41) is 14.9. The molecule has 2 aromatic rings. The lowest BCUT2D eigenvalue weighted by Crippen LogP contribution is -2.33. The predicted molar refractivity (Wildman–Crippen MR) is 98.3 cm³/mol. The Morgan fingerprint density at radius 3 is 2.58 bits per heavy atom. The number of hydrogen-bond donors (Lipinski definition) is 2. The number of nitrogens with zero attached hydrogens (tertiary/aromatic N) is 1. The van der Waals surface area contributed by atoms with E-state index in [2.05, 4.69) is 16.7 Å². The first kappa shape index (κ1) is 17.6. The minimum Gasteiger partial charge on any atom is -0.486 e. The van der Waals surface area contributed by atoms with E-state index in [0.717, 1.165) is 29.2 Å². The number of nitrogens with one attached hydrogen (secondary N) is 2. The number of benzene rings is 2. The van der Waals surface area contributed by atoms with Gasteiger partial charge < -0.3 is 20.1 Å². The van der Waals surface area contributed by atoms with E-state index in [0.29, 0.717) is 18.8 Å². The Morgan fingerprint density at radius 2 is 1.88 bits per heavy atom. The fourth-order valence-electron chi connectivity index (χ4n) is 2.79. The molecule has 6 heteroatoms. The first-order valence-electron chi connectivity index (χ1n) is 8.62. The minimum absolute atomic E-state index is 0.0962. The highest BCUT2D eigenvalue weighted by Crippen LogP contribution is 2.33. The van der Waals surface area contributed by atoms with E-state index in [1.807, 2.05) is 25.1 Å². The number of carbonyl (C=O) groups excluding carboxylic acids is 1. The largest absolute Gasteiger partial charge is 0.486 e. The number of carbonyl (C=O) groups is 1. The van der Waals surface area contributed by atoms with Gasteiger partial charge in [0.2, 0.25) is 5.91 Å². The molecule has 0 radical (unpaired) electrons. The minimum atomic E-state index is -0.101. The van der Waals surface area contributed by atoms with E-state index in [4.69, 9.17) is 14.7 Å². The van der Waals surface area contributed by atoms with Crippen molar-refractivity contribution in [1.29, 1.82) is 5.26 Å². The molecular weight excluding hydrogens is 330 g/mol. The molecule has 1 atom stereocenters. The van der Waals surface area contributed by atoms with E-state index in [1.54, 1.807) is 24.3 Å². The van der Waals surface area contributed by atoms with E-state index >= 15 is 0 Å². The van der Waals surface area contributed by atoms with Gasteiger partial charge in [-0.05, 0) is 48.4 Å². The Labute approximate surface area is 152 Å². The second-order valence-electron chi connectivity index (χ2n) is 5.97. The van der Waals surface area contributed by atoms with E-state index in [1.165, 1.54) is 0 Å². The molecule has 3 rings (SSSR count). The third-order valence-electron chi connectivity index (χ3n) is 4.18. The van der Waals surface area contributed by atoms with Gasteiger partial charge in [-0.15, -0.1) is 0 Å². The molecule has 6 nitrogen and oxygen atoms in total. The summed E-state index contributed by atoms with van der Waals surface area (Å²) in [4.78, 5) is 12.3. The molecule has 0 spiro atoms. The summed E-state index contributed by atoms with van der Waals surface area (Å²) >= 11 is 0. The molecule has 0 aromatic heterocycles. The van der Waals surface area contributed by atoms with Crippen molar-refractivity contribution in [2.24, 2.45) is 0 Å². The van der Waals surface area contributed by atoms with Gasteiger partial charge in [0.25, 0.3) is 0 Å². The second-order valence-corrected chi connectivity index (χ2v) is 5.97. The lowest BCUT2D eigenvalue weighted by atomic mass is 10.0. The average molecular weight is 351 g/mol. The van der Waals surface area contributed by atoms with Gasteiger partial charge in [0.1, 0.15) is 13.2 Å². The number of hydrogen-bond acceptors (Lipinski definition) is 5. The van der Waals surface area contributed by atoms with Crippen LogP contribution in [0.5, 0.6) is 11.5 Å². The summed E-state index contributed by atoms with van der Waals surface area (Å²) in [5.41, 5.74) is 2.37. The van der Waals surface area contributed by atoms with Gasteiger partial charge in [0.15, 0.2) is 11.5 Å². The molecule has 1 amide bonds. The zero-order chi connectivity index (χ0) is 18.4. The molecule has 1 unspecified atom stereocenters. The molecule has 0 saturated carbocycles. The van der Waals surface area contributed by atoms with Crippen LogP contribution in [0, 0.1) is 11.3 Å². The molecule has 1 aliphatic heterocycles. The van der Waals surface area contributed by atoms with Crippen molar-refractivity contribution in [3.05, 3.63) is 53.6 Å². The topological polar surface area (TPSA) is 83.4 Å². The van der Waals surface area contributed by atoms with Crippen molar-refractivity contribution in [1.82, 2.24) is 5.32 Å². The highest BCUT2D eigenvalue weighted by Gasteiger charge is 2.17. The van der Waals surface area contributed by atoms with Crippen LogP contribution in [0.1, 0.15) is 30.5 Å². The smallest absolute Gasteiger partial charge is 0.239 e. The molecule has 2 aromatic carbocycles. The van der Waals surface area contributed by atoms with E-state index in [-0.39, 0.29) is 18.5 Å². The van der Waals surface area contributed by atoms with Gasteiger partial charge in [0.05, 0.1) is 24.2 Å². The zero-order valence-electron chi connectivity index (χ0n) is 14.6. The number of nitriles is 1. The van der Waals surface area contributed by atoms with E-state index < -0.39 is 0 Å². The highest BCUT2D eigenvalue weighted by atomic mass is 16.6. The van der Waals surface area contributed by atoms with Gasteiger partial charge in [-0.1, -0.05) is 13.0 Å². The van der Waals surface area contributed by atoms with Gasteiger partial charge in [-0.25, -0.2) is 0 Å². The fourth-order valence-corrected chi connectivity index (χ4v) is 2.79. The highest BCUT2D eigenvalue weighted by molar-refractivity contribution is 5.81. The Kier molecular flexibility index (Phi) is 5.59. The molecule has 2 N–H and O–H groups in total. The SMILES string of the molecule is CCC(NC(=O)CNc1ccc(C#N)cc1)c1ccc2c(c1)OCCO2. The van der Waals surface area contributed by atoms with E-state index in [9.17, 15) is 4.79 Å². The molecule has 134 valence electrons. The van der Waals surface area contributed by atoms with Gasteiger partial charge >= 0.3 is 0 Å². The Balaban J connectivity index is 1.58. The predicted octanol–water partition coefficient (Wildman–Crippen LogP) is 3.01. The van der Waals surface area contributed by atoms with Crippen LogP contribution in [-0.2, 0) is 4.79 Å². The van der Waals surface area contributed by atoms with Crippen LogP contribution < -0.4 is 20.1 Å². The van der Waals surface area contributed by atoms with Crippen LogP contribution in [0.2, 0.25) is 0 Å². The van der Waals surface area contributed by atoms with Crippen LogP contribution in [0.15, 0.2) is 42.5 Å². The summed E-state index contributed by atoms with van der Waals surface area (Å²) < 4.78 is 11.1. The molecule has 0 bridgehead atoms. The van der Waals surface area contributed by atoms with Crippen LogP contribution in [0.3, 0.4) is 0 Å². The van der Waals surface area contributed by atoms with Crippen LogP contribution in [-0.4, -0.2) is 25.7 Å². The summed E-state index contributed by atoms with van der Waals surface area (Å²) in [6.45, 7) is 3.28. The molecule has 1 aliphatic rings. The normalized spacial score (nSPS) is 13.4. The number of amides is 1. The molecule has 26 heavy (non-hydrogen) atoms. The monoisotopic (exact) mass is 351 g/mol. The maximum Gasteiger partial charge on any atom is 0.239 e. The van der Waals surface area contributed by atoms with Crippen molar-refractivity contribution in [2.75, 3.05) is 25.1 Å². The fraction of sp³-hybridized carbons (Fsp3) is 0.300. The molecule has 0 fully saturated rings. The van der Waals surface area contributed by atoms with Crippen molar-refractivity contribution in [3.63, 3.8) is 0 Å². The van der Waals surface area contributed by atoms with Crippen molar-refractivity contribution in [3.8, 4) is 17.6 Å². The molecular formula is C20H21N3O3. The Morgan fingerprint density at radius 1 is 1.15 bits per heavy atom. The lowest BCUT2D eigenvalue weighted by Gasteiger charge is -2.22. The number of anilines is 1. The zero-order valence-corrected chi connectivity index (χ0v) is 14.6. The third kappa shape index (κ3) is 4.25. The maximum atomic E-state index is 12.3. The first-order valence-corrected chi connectivity index (χ1v) is 8.62. The first-order chi connectivity index (χ1) is 12.7. The van der Waals surface area contributed by atoms with Crippen LogP contribution in [0.25, 0.3) is 0 Å². The number of rotatable bonds is 6. The average Bonchev–Trinajstić information content (AvgIpc) is 2.70. The second kappa shape index (κ2) is 8.26. The van der Waals surface area contributed by atoms with Gasteiger partial charge in [-0.3, -0.25) is 4.79 Å².